The number of methoxy groups -OCH3 is 1. The molecule has 1 aromatic rings. The molecule has 0 aliphatic heterocycles. The standard InChI is InChI=1S/C20H30N2O3.ClH/c1-25-19(23)13-8-16-6-11-18(12-7-16)22-20(24)17-9-4-15(5-10-17)3-2-14-21;/h4-5,9-10,16,18H,2-3,6-8,11-14,21H2,1H3,(H,22,24);1H. The number of carbonyl (C=O) groups is 2. The van der Waals surface area contributed by atoms with Gasteiger partial charge in [-0.3, -0.25) is 9.59 Å². The number of esters is 1. The Morgan fingerprint density at radius 1 is 1.15 bits per heavy atom. The molecule has 0 radical (unpaired) electrons. The zero-order chi connectivity index (χ0) is 18.1. The Morgan fingerprint density at radius 2 is 1.81 bits per heavy atom. The Balaban J connectivity index is 0.00000338. The monoisotopic (exact) mass is 382 g/mol. The lowest BCUT2D eigenvalue weighted by atomic mass is 9.83. The van der Waals surface area contributed by atoms with Crippen molar-refractivity contribution in [3.05, 3.63) is 35.4 Å². The molecular formula is C20H31ClN2O3. The van der Waals surface area contributed by atoms with E-state index in [1.165, 1.54) is 12.7 Å². The minimum absolute atomic E-state index is 0. The maximum absolute atomic E-state index is 12.4. The number of ether oxygens (including phenoxy) is 1. The highest BCUT2D eigenvalue weighted by Crippen LogP contribution is 2.28. The van der Waals surface area contributed by atoms with Crippen molar-refractivity contribution in [1.29, 1.82) is 0 Å². The van der Waals surface area contributed by atoms with Crippen molar-refractivity contribution in [2.24, 2.45) is 11.7 Å². The molecule has 146 valence electrons. The summed E-state index contributed by atoms with van der Waals surface area (Å²) >= 11 is 0. The molecule has 0 bridgehead atoms. The van der Waals surface area contributed by atoms with E-state index in [1.54, 1.807) is 0 Å². The minimum atomic E-state index is -0.134. The van der Waals surface area contributed by atoms with Gasteiger partial charge in [0.2, 0.25) is 0 Å². The van der Waals surface area contributed by atoms with Crippen molar-refractivity contribution in [1.82, 2.24) is 5.32 Å². The summed E-state index contributed by atoms with van der Waals surface area (Å²) in [6.07, 6.45) is 7.36. The highest BCUT2D eigenvalue weighted by molar-refractivity contribution is 5.94. The van der Waals surface area contributed by atoms with Gasteiger partial charge < -0.3 is 15.8 Å². The van der Waals surface area contributed by atoms with Crippen molar-refractivity contribution in [3.63, 3.8) is 0 Å². The molecule has 5 nitrogen and oxygen atoms in total. The first-order chi connectivity index (χ1) is 12.1. The van der Waals surface area contributed by atoms with Gasteiger partial charge in [-0.1, -0.05) is 12.1 Å². The fraction of sp³-hybridized carbons (Fsp3) is 0.600. The fourth-order valence-electron chi connectivity index (χ4n) is 3.42. The topological polar surface area (TPSA) is 81.4 Å². The Bertz CT molecular complexity index is 555. The molecule has 1 fully saturated rings. The summed E-state index contributed by atoms with van der Waals surface area (Å²) in [5, 5.41) is 3.14. The van der Waals surface area contributed by atoms with E-state index in [2.05, 4.69) is 5.32 Å². The van der Waals surface area contributed by atoms with E-state index in [1.807, 2.05) is 24.3 Å². The molecule has 1 amide bonds. The maximum Gasteiger partial charge on any atom is 0.305 e. The van der Waals surface area contributed by atoms with E-state index in [-0.39, 0.29) is 30.3 Å². The number of rotatable bonds is 8. The van der Waals surface area contributed by atoms with Crippen LogP contribution in [0.2, 0.25) is 0 Å². The molecule has 0 spiro atoms. The van der Waals surface area contributed by atoms with Gasteiger partial charge in [-0.2, -0.15) is 0 Å². The van der Waals surface area contributed by atoms with Crippen LogP contribution in [0.1, 0.15) is 60.9 Å². The van der Waals surface area contributed by atoms with E-state index >= 15 is 0 Å². The molecule has 1 saturated carbocycles. The molecule has 0 unspecified atom stereocenters. The first-order valence-electron chi connectivity index (χ1n) is 9.29. The third-order valence-corrected chi connectivity index (χ3v) is 5.05. The van der Waals surface area contributed by atoms with E-state index in [0.717, 1.165) is 44.9 Å². The van der Waals surface area contributed by atoms with Gasteiger partial charge in [-0.25, -0.2) is 0 Å². The van der Waals surface area contributed by atoms with Crippen molar-refractivity contribution >= 4 is 24.3 Å². The number of carbonyl (C=O) groups excluding carboxylic acids is 2. The number of halogens is 1. The number of benzene rings is 1. The largest absolute Gasteiger partial charge is 0.469 e. The van der Waals surface area contributed by atoms with Crippen LogP contribution in [0.25, 0.3) is 0 Å². The molecule has 0 atom stereocenters. The predicted molar refractivity (Wildman–Crippen MR) is 106 cm³/mol. The van der Waals surface area contributed by atoms with E-state index in [4.69, 9.17) is 10.5 Å². The summed E-state index contributed by atoms with van der Waals surface area (Å²) in [6.45, 7) is 0.685. The van der Waals surface area contributed by atoms with E-state index in [9.17, 15) is 9.59 Å². The molecule has 1 aliphatic carbocycles. The SMILES string of the molecule is COC(=O)CCC1CCC(NC(=O)c2ccc(CCCN)cc2)CC1.Cl. The molecule has 1 aromatic carbocycles. The molecule has 2 rings (SSSR count). The summed E-state index contributed by atoms with van der Waals surface area (Å²) in [5.74, 6) is 0.433. The first kappa shape index (κ1) is 22.5. The normalized spacial score (nSPS) is 19.3. The van der Waals surface area contributed by atoms with Gasteiger partial charge in [0, 0.05) is 18.0 Å². The molecule has 1 aliphatic rings. The number of amides is 1. The Labute approximate surface area is 162 Å². The lowest BCUT2D eigenvalue weighted by Gasteiger charge is -2.29. The van der Waals surface area contributed by atoms with Gasteiger partial charge in [0.25, 0.3) is 5.91 Å². The van der Waals surface area contributed by atoms with Gasteiger partial charge >= 0.3 is 5.97 Å². The second-order valence-corrected chi connectivity index (χ2v) is 6.90. The van der Waals surface area contributed by atoms with Gasteiger partial charge in [0.05, 0.1) is 7.11 Å². The van der Waals surface area contributed by atoms with Gasteiger partial charge in [0.1, 0.15) is 0 Å². The molecular weight excluding hydrogens is 352 g/mol. The maximum atomic E-state index is 12.4. The second-order valence-electron chi connectivity index (χ2n) is 6.90. The predicted octanol–water partition coefficient (Wildman–Crippen LogP) is 3.24. The van der Waals surface area contributed by atoms with Crippen LogP contribution >= 0.6 is 12.4 Å². The average molecular weight is 383 g/mol. The van der Waals surface area contributed by atoms with Gasteiger partial charge in [-0.15, -0.1) is 12.4 Å². The molecule has 0 aromatic heterocycles. The lowest BCUT2D eigenvalue weighted by molar-refractivity contribution is -0.141. The van der Waals surface area contributed by atoms with Gasteiger partial charge in [-0.05, 0) is 75.1 Å². The summed E-state index contributed by atoms with van der Waals surface area (Å²) in [5.41, 5.74) is 7.45. The van der Waals surface area contributed by atoms with Crippen LogP contribution in [-0.4, -0.2) is 31.6 Å². The van der Waals surface area contributed by atoms with Crippen molar-refractivity contribution < 1.29 is 14.3 Å². The number of nitrogens with one attached hydrogen (secondary N) is 1. The molecule has 26 heavy (non-hydrogen) atoms. The van der Waals surface area contributed by atoms with Crippen molar-refractivity contribution in [2.45, 2.75) is 57.4 Å². The first-order valence-corrected chi connectivity index (χ1v) is 9.29. The van der Waals surface area contributed by atoms with Crippen LogP contribution in [0.15, 0.2) is 24.3 Å². The number of hydrogen-bond donors (Lipinski definition) is 2. The average Bonchev–Trinajstić information content (AvgIpc) is 2.65. The van der Waals surface area contributed by atoms with E-state index < -0.39 is 0 Å². The van der Waals surface area contributed by atoms with Crippen molar-refractivity contribution in [3.8, 4) is 0 Å². The van der Waals surface area contributed by atoms with Crippen LogP contribution in [0, 0.1) is 5.92 Å². The van der Waals surface area contributed by atoms with Gasteiger partial charge in [0.15, 0.2) is 0 Å². The molecule has 0 heterocycles. The number of hydrogen-bond acceptors (Lipinski definition) is 4. The Kier molecular flexibility index (Phi) is 10.3. The van der Waals surface area contributed by atoms with Crippen LogP contribution < -0.4 is 11.1 Å². The van der Waals surface area contributed by atoms with Crippen LogP contribution in [-0.2, 0) is 16.0 Å². The Morgan fingerprint density at radius 3 is 2.38 bits per heavy atom. The fourth-order valence-corrected chi connectivity index (χ4v) is 3.42. The zero-order valence-electron chi connectivity index (χ0n) is 15.5. The molecule has 6 heteroatoms. The van der Waals surface area contributed by atoms with Crippen LogP contribution in [0.5, 0.6) is 0 Å². The molecule has 0 saturated heterocycles. The van der Waals surface area contributed by atoms with Crippen LogP contribution in [0.4, 0.5) is 0 Å². The Hall–Kier alpha value is -1.59. The lowest BCUT2D eigenvalue weighted by Crippen LogP contribution is -2.37. The third kappa shape index (κ3) is 7.34. The third-order valence-electron chi connectivity index (χ3n) is 5.05. The summed E-state index contributed by atoms with van der Waals surface area (Å²) in [7, 11) is 1.43. The second kappa shape index (κ2) is 11.9. The summed E-state index contributed by atoms with van der Waals surface area (Å²) in [6, 6.07) is 8.04. The minimum Gasteiger partial charge on any atom is -0.469 e. The van der Waals surface area contributed by atoms with Crippen LogP contribution in [0.3, 0.4) is 0 Å². The molecule has 3 N–H and O–H groups in total. The quantitative estimate of drug-likeness (QED) is 0.676. The van der Waals surface area contributed by atoms with Crippen molar-refractivity contribution in [2.75, 3.05) is 13.7 Å². The zero-order valence-corrected chi connectivity index (χ0v) is 16.4. The number of aryl methyl sites for hydroxylation is 1. The summed E-state index contributed by atoms with van der Waals surface area (Å²) < 4.78 is 4.69. The highest BCUT2D eigenvalue weighted by atomic mass is 35.5. The number of nitrogens with two attached hydrogens (primary N) is 1. The smallest absolute Gasteiger partial charge is 0.305 e. The van der Waals surface area contributed by atoms with E-state index in [0.29, 0.717) is 24.4 Å². The highest BCUT2D eigenvalue weighted by Gasteiger charge is 2.23. The summed E-state index contributed by atoms with van der Waals surface area (Å²) in [4.78, 5) is 23.6.